The average molecular weight is 339 g/mol. The van der Waals surface area contributed by atoms with Crippen molar-refractivity contribution in [1.29, 1.82) is 0 Å². The summed E-state index contributed by atoms with van der Waals surface area (Å²) in [7, 11) is 0. The number of nitrogens with zero attached hydrogens (tertiary/aromatic N) is 2. The van der Waals surface area contributed by atoms with Crippen molar-refractivity contribution in [2.75, 3.05) is 0 Å². The Labute approximate surface area is 148 Å². The molecule has 6 nitrogen and oxygen atoms in total. The minimum Gasteiger partial charge on any atom is -0.351 e. The third kappa shape index (κ3) is 3.32. The van der Waals surface area contributed by atoms with Crippen LogP contribution in [0.4, 0.5) is 0 Å². The van der Waals surface area contributed by atoms with Crippen molar-refractivity contribution in [2.24, 2.45) is 5.92 Å². The van der Waals surface area contributed by atoms with Gasteiger partial charge >= 0.3 is 0 Å². The highest BCUT2D eigenvalue weighted by molar-refractivity contribution is 5.82. The van der Waals surface area contributed by atoms with Gasteiger partial charge in [-0.05, 0) is 37.5 Å². The van der Waals surface area contributed by atoms with Gasteiger partial charge in [0.25, 0.3) is 0 Å². The second-order valence-corrected chi connectivity index (χ2v) is 7.05. The summed E-state index contributed by atoms with van der Waals surface area (Å²) in [6.45, 7) is 2.53. The van der Waals surface area contributed by atoms with E-state index < -0.39 is 0 Å². The number of amides is 1. The van der Waals surface area contributed by atoms with E-state index in [0.29, 0.717) is 18.5 Å². The van der Waals surface area contributed by atoms with Crippen LogP contribution in [0.3, 0.4) is 0 Å². The van der Waals surface area contributed by atoms with Crippen molar-refractivity contribution in [3.8, 4) is 5.69 Å². The Morgan fingerprint density at radius 2 is 2.04 bits per heavy atom. The highest BCUT2D eigenvalue weighted by Gasteiger charge is 2.40. The van der Waals surface area contributed by atoms with Gasteiger partial charge in [-0.25, -0.2) is 10.4 Å². The van der Waals surface area contributed by atoms with Crippen LogP contribution in [0, 0.1) is 12.8 Å². The Morgan fingerprint density at radius 1 is 1.24 bits per heavy atom. The molecule has 1 aliphatic carbocycles. The van der Waals surface area contributed by atoms with Gasteiger partial charge in [0.15, 0.2) is 0 Å². The molecule has 2 aromatic rings. The van der Waals surface area contributed by atoms with Gasteiger partial charge in [0.2, 0.25) is 5.91 Å². The van der Waals surface area contributed by atoms with E-state index >= 15 is 0 Å². The van der Waals surface area contributed by atoms with Gasteiger partial charge < -0.3 is 9.88 Å². The Morgan fingerprint density at radius 3 is 2.80 bits per heavy atom. The Kier molecular flexibility index (Phi) is 4.55. The fourth-order valence-electron chi connectivity index (χ4n) is 4.03. The number of rotatable bonds is 4. The van der Waals surface area contributed by atoms with E-state index in [1.807, 2.05) is 17.7 Å². The van der Waals surface area contributed by atoms with Gasteiger partial charge in [-0.2, -0.15) is 0 Å². The van der Waals surface area contributed by atoms with Crippen LogP contribution in [0.2, 0.25) is 0 Å². The predicted octanol–water partition coefficient (Wildman–Crippen LogP) is 1.83. The fourth-order valence-corrected chi connectivity index (χ4v) is 4.03. The monoisotopic (exact) mass is 339 g/mol. The molecule has 3 atom stereocenters. The normalized spacial score (nSPS) is 25.6. The zero-order valence-corrected chi connectivity index (χ0v) is 14.5. The molecule has 6 heteroatoms. The molecule has 1 saturated carbocycles. The predicted molar refractivity (Wildman–Crippen MR) is 96.0 cm³/mol. The van der Waals surface area contributed by atoms with Gasteiger partial charge in [0.05, 0.1) is 0 Å². The molecule has 4 rings (SSSR count). The minimum absolute atomic E-state index is 0.0939. The topological polar surface area (TPSA) is 71.0 Å². The molecule has 25 heavy (non-hydrogen) atoms. The molecule has 2 fully saturated rings. The molecular weight excluding hydrogens is 314 g/mol. The molecule has 1 aromatic heterocycles. The number of aryl methyl sites for hydroxylation is 1. The smallest absolute Gasteiger partial charge is 0.239 e. The third-order valence-corrected chi connectivity index (χ3v) is 5.46. The number of imidazole rings is 1. The molecule has 2 aliphatic rings. The second kappa shape index (κ2) is 6.98. The van der Waals surface area contributed by atoms with Crippen molar-refractivity contribution in [1.82, 2.24) is 25.7 Å². The van der Waals surface area contributed by atoms with E-state index in [1.54, 1.807) is 6.20 Å². The van der Waals surface area contributed by atoms with Gasteiger partial charge in [0, 0.05) is 36.6 Å². The molecule has 0 spiro atoms. The first kappa shape index (κ1) is 16.3. The van der Waals surface area contributed by atoms with Crippen LogP contribution in [0.5, 0.6) is 0 Å². The zero-order chi connectivity index (χ0) is 17.2. The number of carbonyl (C=O) groups is 1. The molecule has 2 heterocycles. The molecule has 0 radical (unpaired) electrons. The van der Waals surface area contributed by atoms with Crippen LogP contribution in [0.1, 0.15) is 37.1 Å². The molecule has 1 saturated heterocycles. The minimum atomic E-state index is -0.113. The average Bonchev–Trinajstić information content (AvgIpc) is 3.26. The summed E-state index contributed by atoms with van der Waals surface area (Å²) in [5.41, 5.74) is 8.67. The lowest BCUT2D eigenvalue weighted by atomic mass is 9.81. The standard InChI is InChI=1S/C19H25N5O/c1-13-20-10-11-24(13)15-8-6-14(7-9-15)12-21-19(25)18-16-4-2-3-5-17(16)22-23-18/h6-11,16-18,22-23H,2-5,12H2,1H3,(H,21,25). The lowest BCUT2D eigenvalue weighted by molar-refractivity contribution is -0.124. The van der Waals surface area contributed by atoms with Crippen molar-refractivity contribution < 1.29 is 4.79 Å². The van der Waals surface area contributed by atoms with Crippen LogP contribution >= 0.6 is 0 Å². The van der Waals surface area contributed by atoms with Gasteiger partial charge in [-0.1, -0.05) is 25.0 Å². The fraction of sp³-hybridized carbons (Fsp3) is 0.474. The van der Waals surface area contributed by atoms with Gasteiger partial charge in [0.1, 0.15) is 11.9 Å². The number of carbonyl (C=O) groups excluding carboxylic acids is 1. The first-order chi connectivity index (χ1) is 12.2. The van der Waals surface area contributed by atoms with Gasteiger partial charge in [-0.15, -0.1) is 0 Å². The Hall–Kier alpha value is -2.18. The maximum Gasteiger partial charge on any atom is 0.239 e. The quantitative estimate of drug-likeness (QED) is 0.795. The molecule has 1 amide bonds. The number of fused-ring (bicyclic) bond motifs is 1. The highest BCUT2D eigenvalue weighted by Crippen LogP contribution is 2.30. The molecule has 132 valence electrons. The molecule has 1 aromatic carbocycles. The molecule has 0 bridgehead atoms. The largest absolute Gasteiger partial charge is 0.351 e. The Bertz CT molecular complexity index is 739. The number of aromatic nitrogens is 2. The summed E-state index contributed by atoms with van der Waals surface area (Å²) in [5.74, 6) is 1.47. The van der Waals surface area contributed by atoms with Crippen molar-refractivity contribution in [2.45, 2.75) is 51.2 Å². The third-order valence-electron chi connectivity index (χ3n) is 5.46. The van der Waals surface area contributed by atoms with E-state index in [0.717, 1.165) is 29.9 Å². The van der Waals surface area contributed by atoms with Crippen molar-refractivity contribution in [3.63, 3.8) is 0 Å². The summed E-state index contributed by atoms with van der Waals surface area (Å²) in [5, 5.41) is 3.08. The zero-order valence-electron chi connectivity index (χ0n) is 14.5. The number of hydrazine groups is 1. The highest BCUT2D eigenvalue weighted by atomic mass is 16.2. The summed E-state index contributed by atoms with van der Waals surface area (Å²) in [6, 6.07) is 8.56. The number of hydrogen-bond donors (Lipinski definition) is 3. The van der Waals surface area contributed by atoms with E-state index in [9.17, 15) is 4.79 Å². The van der Waals surface area contributed by atoms with Crippen LogP contribution in [-0.2, 0) is 11.3 Å². The van der Waals surface area contributed by atoms with Gasteiger partial charge in [-0.3, -0.25) is 10.2 Å². The first-order valence-corrected chi connectivity index (χ1v) is 9.10. The number of benzene rings is 1. The first-order valence-electron chi connectivity index (χ1n) is 9.10. The van der Waals surface area contributed by atoms with E-state index in [-0.39, 0.29) is 11.9 Å². The number of hydrogen-bond acceptors (Lipinski definition) is 4. The maximum absolute atomic E-state index is 12.5. The Balaban J connectivity index is 1.35. The molecular formula is C19H25N5O. The van der Waals surface area contributed by atoms with Crippen molar-refractivity contribution in [3.05, 3.63) is 48.0 Å². The van der Waals surface area contributed by atoms with Crippen LogP contribution in [0.25, 0.3) is 5.69 Å². The summed E-state index contributed by atoms with van der Waals surface area (Å²) in [4.78, 5) is 16.8. The summed E-state index contributed by atoms with van der Waals surface area (Å²) in [6.07, 6.45) is 8.52. The van der Waals surface area contributed by atoms with Crippen LogP contribution in [0.15, 0.2) is 36.7 Å². The lowest BCUT2D eigenvalue weighted by Gasteiger charge is -2.26. The van der Waals surface area contributed by atoms with Crippen molar-refractivity contribution >= 4 is 5.91 Å². The second-order valence-electron chi connectivity index (χ2n) is 7.05. The van der Waals surface area contributed by atoms with E-state index in [4.69, 9.17) is 0 Å². The summed E-state index contributed by atoms with van der Waals surface area (Å²) < 4.78 is 2.04. The lowest BCUT2D eigenvalue weighted by Crippen LogP contribution is -2.45. The number of nitrogens with one attached hydrogen (secondary N) is 3. The summed E-state index contributed by atoms with van der Waals surface area (Å²) >= 11 is 0. The maximum atomic E-state index is 12.5. The SMILES string of the molecule is Cc1nccn1-c1ccc(CNC(=O)C2NNC3CCCCC32)cc1. The molecule has 1 aliphatic heterocycles. The van der Waals surface area contributed by atoms with Crippen LogP contribution in [-0.4, -0.2) is 27.5 Å². The van der Waals surface area contributed by atoms with E-state index in [2.05, 4.69) is 45.4 Å². The molecule has 3 N–H and O–H groups in total. The molecule has 3 unspecified atom stereocenters. The van der Waals surface area contributed by atoms with Crippen LogP contribution < -0.4 is 16.2 Å². The van der Waals surface area contributed by atoms with E-state index in [1.165, 1.54) is 12.8 Å².